The van der Waals surface area contributed by atoms with Gasteiger partial charge in [0.25, 0.3) is 5.91 Å². The highest BCUT2D eigenvalue weighted by atomic mass is 32.2. The summed E-state index contributed by atoms with van der Waals surface area (Å²) in [4.78, 5) is 12.9. The van der Waals surface area contributed by atoms with Crippen molar-refractivity contribution in [1.29, 1.82) is 0 Å². The van der Waals surface area contributed by atoms with E-state index < -0.39 is 10.0 Å². The molecule has 1 N–H and O–H groups in total. The van der Waals surface area contributed by atoms with Crippen LogP contribution in [-0.4, -0.2) is 36.9 Å². The molecule has 0 radical (unpaired) electrons. The number of nitrogens with one attached hydrogen (secondary N) is 1. The van der Waals surface area contributed by atoms with Gasteiger partial charge < -0.3 is 5.32 Å². The molecule has 4 rings (SSSR count). The monoisotopic (exact) mass is 438 g/mol. The van der Waals surface area contributed by atoms with Gasteiger partial charge in [-0.2, -0.15) is 5.10 Å². The molecular formula is C23H26N4O3S. The van der Waals surface area contributed by atoms with Gasteiger partial charge in [-0.1, -0.05) is 31.2 Å². The Bertz CT molecular complexity index is 1200. The van der Waals surface area contributed by atoms with E-state index in [1.165, 1.54) is 16.1 Å². The van der Waals surface area contributed by atoms with E-state index in [-0.39, 0.29) is 5.91 Å². The Hall–Kier alpha value is -3.13. The average Bonchev–Trinajstić information content (AvgIpc) is 3.19. The van der Waals surface area contributed by atoms with Gasteiger partial charge in [-0.25, -0.2) is 13.1 Å². The van der Waals surface area contributed by atoms with Crippen molar-refractivity contribution in [1.82, 2.24) is 9.78 Å². The van der Waals surface area contributed by atoms with Crippen molar-refractivity contribution in [2.24, 2.45) is 0 Å². The zero-order chi connectivity index (χ0) is 22.0. The van der Waals surface area contributed by atoms with Crippen LogP contribution in [0.25, 0.3) is 0 Å². The topological polar surface area (TPSA) is 84.3 Å². The van der Waals surface area contributed by atoms with E-state index in [2.05, 4.69) is 41.6 Å². The van der Waals surface area contributed by atoms with Gasteiger partial charge in [0, 0.05) is 18.2 Å². The Morgan fingerprint density at radius 1 is 1.10 bits per heavy atom. The second kappa shape index (κ2) is 8.55. The third-order valence-corrected chi connectivity index (χ3v) is 6.72. The Labute approximate surface area is 182 Å². The van der Waals surface area contributed by atoms with Crippen LogP contribution < -0.4 is 9.62 Å². The van der Waals surface area contributed by atoms with E-state index in [1.54, 1.807) is 35.1 Å². The molecule has 0 fully saturated rings. The van der Waals surface area contributed by atoms with Gasteiger partial charge in [-0.15, -0.1) is 0 Å². The molecule has 3 aromatic rings. The summed E-state index contributed by atoms with van der Waals surface area (Å²) in [6, 6.07) is 15.3. The first-order valence-corrected chi connectivity index (χ1v) is 12.2. The zero-order valence-electron chi connectivity index (χ0n) is 17.7. The maximum absolute atomic E-state index is 12.9. The number of sulfonamides is 1. The molecule has 8 heteroatoms. The normalized spacial score (nSPS) is 13.7. The molecule has 1 aliphatic heterocycles. The molecule has 0 aliphatic carbocycles. The number of anilines is 2. The third-order valence-electron chi connectivity index (χ3n) is 5.54. The minimum Gasteiger partial charge on any atom is -0.307 e. The Balaban J connectivity index is 1.51. The fraction of sp³-hybridized carbons (Fsp3) is 0.304. The van der Waals surface area contributed by atoms with Gasteiger partial charge >= 0.3 is 0 Å². The van der Waals surface area contributed by atoms with Crippen LogP contribution in [0.5, 0.6) is 0 Å². The lowest BCUT2D eigenvalue weighted by molar-refractivity contribution is 0.102. The van der Waals surface area contributed by atoms with Crippen LogP contribution in [0.15, 0.2) is 54.7 Å². The van der Waals surface area contributed by atoms with Crippen molar-refractivity contribution >= 4 is 27.4 Å². The average molecular weight is 439 g/mol. The smallest absolute Gasteiger partial charge is 0.256 e. The van der Waals surface area contributed by atoms with Gasteiger partial charge in [-0.05, 0) is 54.2 Å². The molecule has 0 spiro atoms. The fourth-order valence-corrected chi connectivity index (χ4v) is 4.85. The highest BCUT2D eigenvalue weighted by Gasteiger charge is 2.24. The number of carbonyl (C=O) groups is 1. The van der Waals surface area contributed by atoms with Crippen molar-refractivity contribution in [3.8, 4) is 0 Å². The molecule has 1 aliphatic rings. The molecule has 2 aromatic carbocycles. The SMILES string of the molecule is CCc1ccc(Cn2nccc2NC(=O)c2ccc3c(c2)CCCN3S(C)(=O)=O)cc1. The summed E-state index contributed by atoms with van der Waals surface area (Å²) in [5, 5.41) is 7.26. The lowest BCUT2D eigenvalue weighted by atomic mass is 10.0. The van der Waals surface area contributed by atoms with Crippen molar-refractivity contribution in [3.63, 3.8) is 0 Å². The van der Waals surface area contributed by atoms with Crippen molar-refractivity contribution in [3.05, 3.63) is 77.0 Å². The van der Waals surface area contributed by atoms with Crippen LogP contribution in [0.3, 0.4) is 0 Å². The quantitative estimate of drug-likeness (QED) is 0.639. The van der Waals surface area contributed by atoms with Crippen LogP contribution in [0.4, 0.5) is 11.5 Å². The lowest BCUT2D eigenvalue weighted by Gasteiger charge is -2.29. The Kier molecular flexibility index (Phi) is 5.82. The standard InChI is InChI=1S/C23H26N4O3S/c1-3-17-6-8-18(9-7-17)16-26-22(12-13-24-26)25-23(28)20-10-11-21-19(15-20)5-4-14-27(21)31(2,29)30/h6-13,15H,3-5,14,16H2,1-2H3,(H,25,28). The molecule has 31 heavy (non-hydrogen) atoms. The highest BCUT2D eigenvalue weighted by molar-refractivity contribution is 7.92. The molecule has 0 saturated carbocycles. The maximum Gasteiger partial charge on any atom is 0.256 e. The van der Waals surface area contributed by atoms with E-state index in [9.17, 15) is 13.2 Å². The molecule has 7 nitrogen and oxygen atoms in total. The predicted octanol–water partition coefficient (Wildman–Crippen LogP) is 3.46. The van der Waals surface area contributed by atoms with Crippen LogP contribution in [0, 0.1) is 0 Å². The second-order valence-corrected chi connectivity index (χ2v) is 9.69. The van der Waals surface area contributed by atoms with Gasteiger partial charge in [0.1, 0.15) is 5.82 Å². The minimum atomic E-state index is -3.33. The van der Waals surface area contributed by atoms with Crippen LogP contribution in [0.2, 0.25) is 0 Å². The second-order valence-electron chi connectivity index (χ2n) is 7.78. The molecule has 1 aromatic heterocycles. The Morgan fingerprint density at radius 2 is 1.84 bits per heavy atom. The van der Waals surface area contributed by atoms with Gasteiger partial charge in [0.05, 0.1) is 24.7 Å². The number of hydrogen-bond donors (Lipinski definition) is 1. The van der Waals surface area contributed by atoms with E-state index in [0.717, 1.165) is 30.4 Å². The molecule has 0 atom stereocenters. The number of hydrogen-bond acceptors (Lipinski definition) is 4. The number of amides is 1. The lowest BCUT2D eigenvalue weighted by Crippen LogP contribution is -2.34. The van der Waals surface area contributed by atoms with E-state index in [4.69, 9.17) is 0 Å². The van der Waals surface area contributed by atoms with E-state index in [0.29, 0.717) is 30.2 Å². The number of benzene rings is 2. The summed E-state index contributed by atoms with van der Waals surface area (Å²) in [5.41, 5.74) is 4.40. The third kappa shape index (κ3) is 4.64. The number of fused-ring (bicyclic) bond motifs is 1. The molecule has 2 heterocycles. The summed E-state index contributed by atoms with van der Waals surface area (Å²) in [6.07, 6.45) is 5.33. The van der Waals surface area contributed by atoms with Crippen LogP contribution >= 0.6 is 0 Å². The first kappa shape index (κ1) is 21.1. The molecule has 0 bridgehead atoms. The molecule has 0 saturated heterocycles. The number of aryl methyl sites for hydroxylation is 2. The van der Waals surface area contributed by atoms with Crippen molar-refractivity contribution < 1.29 is 13.2 Å². The summed E-state index contributed by atoms with van der Waals surface area (Å²) in [6.45, 7) is 3.14. The molecular weight excluding hydrogens is 412 g/mol. The van der Waals surface area contributed by atoms with Gasteiger partial charge in [-0.3, -0.25) is 9.10 Å². The van der Waals surface area contributed by atoms with Gasteiger partial charge in [0.2, 0.25) is 10.0 Å². The van der Waals surface area contributed by atoms with E-state index >= 15 is 0 Å². The summed E-state index contributed by atoms with van der Waals surface area (Å²) >= 11 is 0. The molecule has 162 valence electrons. The number of nitrogens with zero attached hydrogens (tertiary/aromatic N) is 3. The number of carbonyl (C=O) groups excluding carboxylic acids is 1. The largest absolute Gasteiger partial charge is 0.307 e. The highest BCUT2D eigenvalue weighted by Crippen LogP contribution is 2.30. The summed E-state index contributed by atoms with van der Waals surface area (Å²) < 4.78 is 27.2. The van der Waals surface area contributed by atoms with Crippen molar-refractivity contribution in [2.75, 3.05) is 22.4 Å². The zero-order valence-corrected chi connectivity index (χ0v) is 18.5. The van der Waals surface area contributed by atoms with E-state index in [1.807, 2.05) is 0 Å². The minimum absolute atomic E-state index is 0.248. The van der Waals surface area contributed by atoms with Crippen LogP contribution in [-0.2, 0) is 29.4 Å². The van der Waals surface area contributed by atoms with Crippen molar-refractivity contribution in [2.45, 2.75) is 32.7 Å². The number of aromatic nitrogens is 2. The molecule has 0 unspecified atom stereocenters. The Morgan fingerprint density at radius 3 is 2.55 bits per heavy atom. The summed E-state index contributed by atoms with van der Waals surface area (Å²) in [5.74, 6) is 0.363. The summed E-state index contributed by atoms with van der Waals surface area (Å²) in [7, 11) is -3.33. The van der Waals surface area contributed by atoms with Gasteiger partial charge in [0.15, 0.2) is 0 Å². The fourth-order valence-electron chi connectivity index (χ4n) is 3.85. The first-order chi connectivity index (χ1) is 14.8. The van der Waals surface area contributed by atoms with Crippen LogP contribution in [0.1, 0.15) is 40.4 Å². The predicted molar refractivity (Wildman–Crippen MR) is 122 cm³/mol. The maximum atomic E-state index is 12.9. The number of rotatable bonds is 6. The first-order valence-electron chi connectivity index (χ1n) is 10.4. The molecule has 1 amide bonds.